The van der Waals surface area contributed by atoms with Crippen LogP contribution in [0.15, 0.2) is 0 Å². The third-order valence-electron chi connectivity index (χ3n) is 3.51. The first kappa shape index (κ1) is 11.0. The maximum absolute atomic E-state index is 6.04. The third kappa shape index (κ3) is 4.12. The molecule has 1 fully saturated rings. The molecular weight excluding hydrogens is 158 g/mol. The van der Waals surface area contributed by atoms with Gasteiger partial charge in [-0.1, -0.05) is 39.5 Å². The Morgan fingerprint density at radius 3 is 2.69 bits per heavy atom. The topological polar surface area (TPSA) is 26.0 Å². The molecule has 1 aliphatic carbocycles. The summed E-state index contributed by atoms with van der Waals surface area (Å²) in [6.45, 7) is 4.66. The first-order chi connectivity index (χ1) is 6.22. The first-order valence-electron chi connectivity index (χ1n) is 5.98. The summed E-state index contributed by atoms with van der Waals surface area (Å²) in [6, 6.07) is 0.497. The summed E-state index contributed by atoms with van der Waals surface area (Å²) >= 11 is 0. The zero-order valence-corrected chi connectivity index (χ0v) is 9.26. The number of hydrogen-bond donors (Lipinski definition) is 1. The molecule has 13 heavy (non-hydrogen) atoms. The molecule has 3 atom stereocenters. The minimum Gasteiger partial charge on any atom is -0.328 e. The Morgan fingerprint density at radius 1 is 1.31 bits per heavy atom. The van der Waals surface area contributed by atoms with Gasteiger partial charge in [-0.2, -0.15) is 0 Å². The van der Waals surface area contributed by atoms with Gasteiger partial charge in [0.05, 0.1) is 0 Å². The van der Waals surface area contributed by atoms with Crippen molar-refractivity contribution >= 4 is 0 Å². The molecule has 0 spiro atoms. The van der Waals surface area contributed by atoms with Gasteiger partial charge in [-0.25, -0.2) is 0 Å². The molecular formula is C12H25N. The summed E-state index contributed by atoms with van der Waals surface area (Å²) in [5, 5.41) is 0. The second-order valence-electron chi connectivity index (χ2n) is 4.90. The largest absolute Gasteiger partial charge is 0.328 e. The minimum absolute atomic E-state index is 0.497. The summed E-state index contributed by atoms with van der Waals surface area (Å²) in [7, 11) is 0. The Bertz CT molecular complexity index is 133. The highest BCUT2D eigenvalue weighted by atomic mass is 14.6. The smallest absolute Gasteiger partial charge is 0.00414 e. The van der Waals surface area contributed by atoms with Crippen LogP contribution in [-0.2, 0) is 0 Å². The van der Waals surface area contributed by atoms with Crippen LogP contribution in [0.2, 0.25) is 0 Å². The molecule has 0 saturated heterocycles. The summed E-state index contributed by atoms with van der Waals surface area (Å²) in [5.74, 6) is 1.82. The molecule has 1 rings (SSSR count). The van der Waals surface area contributed by atoms with Crippen molar-refractivity contribution in [1.29, 1.82) is 0 Å². The molecule has 0 aromatic rings. The zero-order valence-electron chi connectivity index (χ0n) is 9.26. The standard InChI is InChI=1S/C12H25N/c1-3-10(2)8-11-6-4-5-7-12(13)9-11/h10-12H,3-9,13H2,1-2H3. The van der Waals surface area contributed by atoms with E-state index in [-0.39, 0.29) is 0 Å². The van der Waals surface area contributed by atoms with E-state index in [0.29, 0.717) is 6.04 Å². The van der Waals surface area contributed by atoms with Crippen molar-refractivity contribution < 1.29 is 0 Å². The minimum atomic E-state index is 0.497. The van der Waals surface area contributed by atoms with Crippen LogP contribution in [0, 0.1) is 11.8 Å². The Balaban J connectivity index is 2.30. The highest BCUT2D eigenvalue weighted by molar-refractivity contribution is 4.74. The molecule has 0 radical (unpaired) electrons. The maximum atomic E-state index is 6.04. The van der Waals surface area contributed by atoms with E-state index in [4.69, 9.17) is 5.73 Å². The molecule has 1 saturated carbocycles. The molecule has 0 aliphatic heterocycles. The normalized spacial score (nSPS) is 32.5. The molecule has 0 heterocycles. The van der Waals surface area contributed by atoms with Crippen LogP contribution in [0.1, 0.15) is 58.8 Å². The van der Waals surface area contributed by atoms with E-state index in [9.17, 15) is 0 Å². The molecule has 2 N–H and O–H groups in total. The van der Waals surface area contributed by atoms with Gasteiger partial charge in [-0.3, -0.25) is 0 Å². The van der Waals surface area contributed by atoms with Crippen LogP contribution < -0.4 is 5.73 Å². The third-order valence-corrected chi connectivity index (χ3v) is 3.51. The molecule has 1 heteroatoms. The van der Waals surface area contributed by atoms with Crippen molar-refractivity contribution in [3.63, 3.8) is 0 Å². The van der Waals surface area contributed by atoms with E-state index in [0.717, 1.165) is 11.8 Å². The maximum Gasteiger partial charge on any atom is 0.00414 e. The summed E-state index contributed by atoms with van der Waals surface area (Å²) in [4.78, 5) is 0. The van der Waals surface area contributed by atoms with Crippen LogP contribution >= 0.6 is 0 Å². The lowest BCUT2D eigenvalue weighted by Crippen LogP contribution is -2.22. The van der Waals surface area contributed by atoms with Crippen LogP contribution in [0.3, 0.4) is 0 Å². The summed E-state index contributed by atoms with van der Waals surface area (Å²) in [5.41, 5.74) is 6.04. The van der Waals surface area contributed by atoms with Crippen LogP contribution in [0.5, 0.6) is 0 Å². The van der Waals surface area contributed by atoms with Gasteiger partial charge in [0.1, 0.15) is 0 Å². The Kier molecular flexibility index (Phi) is 4.79. The monoisotopic (exact) mass is 183 g/mol. The van der Waals surface area contributed by atoms with Gasteiger partial charge in [0.2, 0.25) is 0 Å². The van der Waals surface area contributed by atoms with E-state index >= 15 is 0 Å². The predicted octanol–water partition coefficient (Wildman–Crippen LogP) is 3.33. The quantitative estimate of drug-likeness (QED) is 0.667. The molecule has 0 amide bonds. The van der Waals surface area contributed by atoms with Crippen molar-refractivity contribution in [2.24, 2.45) is 17.6 Å². The first-order valence-corrected chi connectivity index (χ1v) is 5.98. The van der Waals surface area contributed by atoms with Crippen molar-refractivity contribution in [3.8, 4) is 0 Å². The molecule has 1 nitrogen and oxygen atoms in total. The second-order valence-corrected chi connectivity index (χ2v) is 4.90. The Labute approximate surface area is 83.1 Å². The van der Waals surface area contributed by atoms with Crippen LogP contribution in [-0.4, -0.2) is 6.04 Å². The summed E-state index contributed by atoms with van der Waals surface area (Å²) < 4.78 is 0. The van der Waals surface area contributed by atoms with Gasteiger partial charge >= 0.3 is 0 Å². The van der Waals surface area contributed by atoms with E-state index in [2.05, 4.69) is 13.8 Å². The van der Waals surface area contributed by atoms with Gasteiger partial charge in [-0.05, 0) is 31.1 Å². The fourth-order valence-corrected chi connectivity index (χ4v) is 2.45. The summed E-state index contributed by atoms with van der Waals surface area (Å²) in [6.07, 6.45) is 9.47. The number of rotatable bonds is 3. The lowest BCUT2D eigenvalue weighted by atomic mass is 9.88. The van der Waals surface area contributed by atoms with Gasteiger partial charge in [0, 0.05) is 6.04 Å². The van der Waals surface area contributed by atoms with E-state index in [1.807, 2.05) is 0 Å². The van der Waals surface area contributed by atoms with Gasteiger partial charge in [0.15, 0.2) is 0 Å². The van der Waals surface area contributed by atoms with Crippen molar-refractivity contribution in [2.75, 3.05) is 0 Å². The van der Waals surface area contributed by atoms with E-state index in [1.54, 1.807) is 0 Å². The highest BCUT2D eigenvalue weighted by Gasteiger charge is 2.18. The average Bonchev–Trinajstić information content (AvgIpc) is 2.30. The Hall–Kier alpha value is -0.0400. The van der Waals surface area contributed by atoms with Gasteiger partial charge < -0.3 is 5.73 Å². The molecule has 0 bridgehead atoms. The van der Waals surface area contributed by atoms with Gasteiger partial charge in [-0.15, -0.1) is 0 Å². The average molecular weight is 183 g/mol. The fraction of sp³-hybridized carbons (Fsp3) is 1.00. The highest BCUT2D eigenvalue weighted by Crippen LogP contribution is 2.28. The van der Waals surface area contributed by atoms with Crippen LogP contribution in [0.25, 0.3) is 0 Å². The van der Waals surface area contributed by atoms with Crippen molar-refractivity contribution in [3.05, 3.63) is 0 Å². The fourth-order valence-electron chi connectivity index (χ4n) is 2.45. The van der Waals surface area contributed by atoms with Gasteiger partial charge in [0.25, 0.3) is 0 Å². The molecule has 3 unspecified atom stereocenters. The second kappa shape index (κ2) is 5.64. The molecule has 78 valence electrons. The SMILES string of the molecule is CCC(C)CC1CCCCC(N)C1. The number of nitrogens with two attached hydrogens (primary N) is 1. The van der Waals surface area contributed by atoms with E-state index < -0.39 is 0 Å². The number of hydrogen-bond acceptors (Lipinski definition) is 1. The zero-order chi connectivity index (χ0) is 9.68. The predicted molar refractivity (Wildman–Crippen MR) is 58.6 cm³/mol. The van der Waals surface area contributed by atoms with E-state index in [1.165, 1.54) is 44.9 Å². The lowest BCUT2D eigenvalue weighted by Gasteiger charge is -2.20. The van der Waals surface area contributed by atoms with Crippen molar-refractivity contribution in [2.45, 2.75) is 64.8 Å². The molecule has 1 aliphatic rings. The van der Waals surface area contributed by atoms with Crippen molar-refractivity contribution in [1.82, 2.24) is 0 Å². The Morgan fingerprint density at radius 2 is 2.00 bits per heavy atom. The lowest BCUT2D eigenvalue weighted by molar-refractivity contribution is 0.337. The molecule has 0 aromatic heterocycles. The molecule has 0 aromatic carbocycles. The van der Waals surface area contributed by atoms with Crippen LogP contribution in [0.4, 0.5) is 0 Å².